The molecular formula is C16H18F6N2. The molecule has 134 valence electrons. The van der Waals surface area contributed by atoms with Crippen molar-refractivity contribution < 1.29 is 26.3 Å². The Kier molecular flexibility index (Phi) is 5.97. The van der Waals surface area contributed by atoms with E-state index < -0.39 is 29.8 Å². The van der Waals surface area contributed by atoms with E-state index in [9.17, 15) is 26.3 Å². The van der Waals surface area contributed by atoms with Gasteiger partial charge in [-0.05, 0) is 36.6 Å². The molecule has 2 nitrogen and oxygen atoms in total. The highest BCUT2D eigenvalue weighted by Crippen LogP contribution is 2.54. The Hall–Kier alpha value is -2.12. The van der Waals surface area contributed by atoms with Crippen molar-refractivity contribution in [2.75, 3.05) is 5.73 Å². The number of hydrogen-bond acceptors (Lipinski definition) is 2. The van der Waals surface area contributed by atoms with Crippen molar-refractivity contribution in [2.45, 2.75) is 37.5 Å². The molecule has 24 heavy (non-hydrogen) atoms. The summed E-state index contributed by atoms with van der Waals surface area (Å²) in [6.07, 6.45) is -8.57. The largest absolute Gasteiger partial charge is 0.407 e. The van der Waals surface area contributed by atoms with E-state index in [0.717, 1.165) is 36.4 Å². The Morgan fingerprint density at radius 2 is 1.50 bits per heavy atom. The summed E-state index contributed by atoms with van der Waals surface area (Å²) in [5.41, 5.74) is 6.07. The summed E-state index contributed by atoms with van der Waals surface area (Å²) in [5.74, 6) is 0. The highest BCUT2D eigenvalue weighted by molar-refractivity contribution is 5.43. The third kappa shape index (κ3) is 4.04. The molecule has 0 unspecified atom stereocenters. The maximum atomic E-state index is 13.5. The molecule has 0 amide bonds. The van der Waals surface area contributed by atoms with E-state index >= 15 is 0 Å². The summed E-state index contributed by atoms with van der Waals surface area (Å²) in [6.45, 7) is 1.74. The molecule has 0 aliphatic heterocycles. The van der Waals surface area contributed by atoms with Gasteiger partial charge in [0, 0.05) is 11.4 Å². The number of benzene rings is 1. The predicted octanol–water partition coefficient (Wildman–Crippen LogP) is 4.83. The normalized spacial score (nSPS) is 14.4. The molecule has 1 aromatic rings. The lowest BCUT2D eigenvalue weighted by Crippen LogP contribution is -2.53. The molecular weight excluding hydrogens is 334 g/mol. The molecule has 0 aliphatic rings. The van der Waals surface area contributed by atoms with Gasteiger partial charge in [0.25, 0.3) is 0 Å². The highest BCUT2D eigenvalue weighted by Gasteiger charge is 2.70. The van der Waals surface area contributed by atoms with Gasteiger partial charge in [0.15, 0.2) is 5.41 Å². The zero-order chi connectivity index (χ0) is 18.6. The topological polar surface area (TPSA) is 52.0 Å². The van der Waals surface area contributed by atoms with Crippen molar-refractivity contribution in [1.82, 2.24) is 0 Å². The van der Waals surface area contributed by atoms with Crippen LogP contribution >= 0.6 is 0 Å². The quantitative estimate of drug-likeness (QED) is 0.453. The number of hydrogen-bond donors (Lipinski definition) is 2. The van der Waals surface area contributed by atoms with Crippen LogP contribution in [0.2, 0.25) is 0 Å². The van der Waals surface area contributed by atoms with Crippen molar-refractivity contribution in [3.05, 3.63) is 53.8 Å². The second-order valence-electron chi connectivity index (χ2n) is 5.24. The standard InChI is InChI=1S/C16H18F6N2/c1-2-4-12(23)5-3-10-14(15(17,18)19,16(20,21)22)11-6-8-13(24)9-7-11/h3-9H,2,10,23-24H2,1H3/b5-3-,12-4+. The number of allylic oxidation sites excluding steroid dienone is 3. The molecule has 0 heterocycles. The Balaban J connectivity index is 3.44. The van der Waals surface area contributed by atoms with E-state index in [4.69, 9.17) is 11.5 Å². The Labute approximate surface area is 135 Å². The Morgan fingerprint density at radius 1 is 1.00 bits per heavy atom. The SMILES string of the molecule is CC/C=C(N)\C=C/CC(c1ccc(N)cc1)(C(F)(F)F)C(F)(F)F. The summed E-state index contributed by atoms with van der Waals surface area (Å²) in [6, 6.07) is 3.51. The lowest BCUT2D eigenvalue weighted by molar-refractivity contribution is -0.302. The fourth-order valence-corrected chi connectivity index (χ4v) is 2.28. The minimum Gasteiger partial charge on any atom is -0.399 e. The number of nitrogen functional groups attached to an aromatic ring is 1. The number of anilines is 1. The van der Waals surface area contributed by atoms with Crippen LogP contribution in [-0.2, 0) is 5.41 Å². The van der Waals surface area contributed by atoms with Crippen LogP contribution in [0.1, 0.15) is 25.3 Å². The van der Waals surface area contributed by atoms with E-state index in [1.54, 1.807) is 6.92 Å². The summed E-state index contributed by atoms with van der Waals surface area (Å²) in [4.78, 5) is 0. The highest BCUT2D eigenvalue weighted by atomic mass is 19.4. The molecule has 0 fully saturated rings. The molecule has 0 aromatic heterocycles. The van der Waals surface area contributed by atoms with Crippen molar-refractivity contribution in [3.63, 3.8) is 0 Å². The summed E-state index contributed by atoms with van der Waals surface area (Å²) >= 11 is 0. The van der Waals surface area contributed by atoms with Gasteiger partial charge in [0.1, 0.15) is 0 Å². The van der Waals surface area contributed by atoms with Crippen LogP contribution in [0.25, 0.3) is 0 Å². The first-order valence-corrected chi connectivity index (χ1v) is 7.07. The van der Waals surface area contributed by atoms with E-state index in [0.29, 0.717) is 6.42 Å². The molecule has 4 N–H and O–H groups in total. The van der Waals surface area contributed by atoms with E-state index in [1.165, 1.54) is 6.08 Å². The van der Waals surface area contributed by atoms with Crippen molar-refractivity contribution >= 4 is 5.69 Å². The van der Waals surface area contributed by atoms with Crippen LogP contribution in [0.5, 0.6) is 0 Å². The minimum atomic E-state index is -5.55. The molecule has 0 saturated heterocycles. The van der Waals surface area contributed by atoms with Crippen LogP contribution in [0, 0.1) is 0 Å². The van der Waals surface area contributed by atoms with Crippen LogP contribution in [0.3, 0.4) is 0 Å². The van der Waals surface area contributed by atoms with E-state index in [-0.39, 0.29) is 11.4 Å². The molecule has 0 aliphatic carbocycles. The lowest BCUT2D eigenvalue weighted by atomic mass is 9.75. The predicted molar refractivity (Wildman–Crippen MR) is 81.0 cm³/mol. The van der Waals surface area contributed by atoms with Gasteiger partial charge in [-0.2, -0.15) is 26.3 Å². The van der Waals surface area contributed by atoms with Gasteiger partial charge >= 0.3 is 12.4 Å². The third-order valence-electron chi connectivity index (χ3n) is 3.55. The second-order valence-corrected chi connectivity index (χ2v) is 5.24. The molecule has 8 heteroatoms. The molecule has 1 rings (SSSR count). The molecule has 0 saturated carbocycles. The van der Waals surface area contributed by atoms with Crippen molar-refractivity contribution in [2.24, 2.45) is 5.73 Å². The van der Waals surface area contributed by atoms with Gasteiger partial charge in [-0.3, -0.25) is 0 Å². The van der Waals surface area contributed by atoms with Gasteiger partial charge in [-0.25, -0.2) is 0 Å². The smallest absolute Gasteiger partial charge is 0.399 e. The monoisotopic (exact) mass is 352 g/mol. The average Bonchev–Trinajstić information content (AvgIpc) is 2.42. The molecule has 0 atom stereocenters. The average molecular weight is 352 g/mol. The van der Waals surface area contributed by atoms with Gasteiger partial charge in [-0.1, -0.05) is 31.2 Å². The van der Waals surface area contributed by atoms with Gasteiger partial charge in [-0.15, -0.1) is 0 Å². The number of alkyl halides is 6. The zero-order valence-corrected chi connectivity index (χ0v) is 12.9. The molecule has 1 aromatic carbocycles. The number of halogens is 6. The van der Waals surface area contributed by atoms with Gasteiger partial charge < -0.3 is 11.5 Å². The first-order valence-electron chi connectivity index (χ1n) is 7.07. The number of nitrogens with two attached hydrogens (primary N) is 2. The van der Waals surface area contributed by atoms with E-state index in [2.05, 4.69) is 0 Å². The van der Waals surface area contributed by atoms with E-state index in [1.807, 2.05) is 0 Å². The second kappa shape index (κ2) is 7.19. The number of rotatable bonds is 5. The zero-order valence-electron chi connectivity index (χ0n) is 12.9. The molecule has 0 spiro atoms. The van der Waals surface area contributed by atoms with Crippen LogP contribution < -0.4 is 11.5 Å². The third-order valence-corrected chi connectivity index (χ3v) is 3.55. The summed E-state index contributed by atoms with van der Waals surface area (Å²) < 4.78 is 81.0. The van der Waals surface area contributed by atoms with Crippen LogP contribution in [-0.4, -0.2) is 12.4 Å². The van der Waals surface area contributed by atoms with Gasteiger partial charge in [0.05, 0.1) is 0 Å². The van der Waals surface area contributed by atoms with Crippen LogP contribution in [0.4, 0.5) is 32.0 Å². The van der Waals surface area contributed by atoms with Gasteiger partial charge in [0.2, 0.25) is 0 Å². The molecule has 0 bridgehead atoms. The fourth-order valence-electron chi connectivity index (χ4n) is 2.28. The lowest BCUT2D eigenvalue weighted by Gasteiger charge is -2.37. The van der Waals surface area contributed by atoms with Crippen LogP contribution in [0.15, 0.2) is 48.2 Å². The summed E-state index contributed by atoms with van der Waals surface area (Å²) in [5, 5.41) is 0. The van der Waals surface area contributed by atoms with Crippen molar-refractivity contribution in [3.8, 4) is 0 Å². The van der Waals surface area contributed by atoms with Crippen molar-refractivity contribution in [1.29, 1.82) is 0 Å². The Bertz CT molecular complexity index is 582. The minimum absolute atomic E-state index is 0.0719. The molecule has 0 radical (unpaired) electrons. The first kappa shape index (κ1) is 19.9. The maximum absolute atomic E-state index is 13.5. The maximum Gasteiger partial charge on any atom is 0.407 e. The Morgan fingerprint density at radius 3 is 1.92 bits per heavy atom. The fraction of sp³-hybridized carbons (Fsp3) is 0.375. The summed E-state index contributed by atoms with van der Waals surface area (Å²) in [7, 11) is 0. The first-order chi connectivity index (χ1) is 11.0.